The quantitative estimate of drug-likeness (QED) is 0.764. The Morgan fingerprint density at radius 3 is 2.46 bits per heavy atom. The molecule has 3 aliphatic heterocycles. The molecule has 1 aromatic rings. The number of imide groups is 1. The smallest absolute Gasteiger partial charge is 0.258 e. The molecule has 128 valence electrons. The number of nitrogens with zero attached hydrogens (tertiary/aromatic N) is 2. The average molecular weight is 349 g/mol. The number of rotatable bonds is 2. The lowest BCUT2D eigenvalue weighted by Crippen LogP contribution is -2.79. The zero-order chi connectivity index (χ0) is 17.4. The largest absolute Gasteiger partial charge is 0.364 e. The molecule has 0 spiro atoms. The van der Waals surface area contributed by atoms with Crippen molar-refractivity contribution in [1.29, 1.82) is 0 Å². The summed E-state index contributed by atoms with van der Waals surface area (Å²) in [4.78, 5) is 26.3. The number of benzene rings is 1. The van der Waals surface area contributed by atoms with Crippen LogP contribution in [0.4, 0.5) is 5.69 Å². The molecule has 2 saturated heterocycles. The topological polar surface area (TPSA) is 86.8 Å². The van der Waals surface area contributed by atoms with E-state index in [0.717, 1.165) is 11.3 Å². The van der Waals surface area contributed by atoms with Crippen LogP contribution in [0.2, 0.25) is 0 Å². The van der Waals surface area contributed by atoms with Gasteiger partial charge in [0.1, 0.15) is 0 Å². The second kappa shape index (κ2) is 4.58. The molecule has 7 nitrogen and oxygen atoms in total. The molecule has 2 amide bonds. The number of fused-ring (bicyclic) bond motifs is 2. The van der Waals surface area contributed by atoms with Gasteiger partial charge in [-0.1, -0.05) is 0 Å². The van der Waals surface area contributed by atoms with Crippen LogP contribution < -0.4 is 10.2 Å². The summed E-state index contributed by atoms with van der Waals surface area (Å²) >= 11 is 0. The Morgan fingerprint density at radius 2 is 1.88 bits per heavy atom. The minimum absolute atomic E-state index is 0.0361. The maximum atomic E-state index is 12.1. The molecule has 8 heteroatoms. The summed E-state index contributed by atoms with van der Waals surface area (Å²) in [6.07, 6.45) is 1.23. The zero-order valence-electron chi connectivity index (χ0n) is 13.7. The number of piperazine rings is 1. The van der Waals surface area contributed by atoms with Gasteiger partial charge in [0.2, 0.25) is 15.9 Å². The Kier molecular flexibility index (Phi) is 2.97. The average Bonchev–Trinajstić information content (AvgIpc) is 2.46. The van der Waals surface area contributed by atoms with Crippen LogP contribution in [0.3, 0.4) is 0 Å². The van der Waals surface area contributed by atoms with Gasteiger partial charge in [0.05, 0.1) is 23.8 Å². The summed E-state index contributed by atoms with van der Waals surface area (Å²) in [5, 5.41) is 2.39. The van der Waals surface area contributed by atoms with Crippen molar-refractivity contribution in [3.63, 3.8) is 0 Å². The van der Waals surface area contributed by atoms with Crippen LogP contribution in [0.25, 0.3) is 0 Å². The second-order valence-corrected chi connectivity index (χ2v) is 9.19. The van der Waals surface area contributed by atoms with Crippen LogP contribution in [0.15, 0.2) is 18.2 Å². The number of hydrogen-bond acceptors (Lipinski definition) is 5. The van der Waals surface area contributed by atoms with E-state index in [9.17, 15) is 18.0 Å². The molecule has 0 aromatic heterocycles. The van der Waals surface area contributed by atoms with Crippen molar-refractivity contribution in [2.45, 2.75) is 31.3 Å². The van der Waals surface area contributed by atoms with Crippen molar-refractivity contribution in [2.24, 2.45) is 0 Å². The van der Waals surface area contributed by atoms with Crippen LogP contribution in [-0.2, 0) is 20.2 Å². The molecule has 1 aromatic carbocycles. The summed E-state index contributed by atoms with van der Waals surface area (Å²) in [5.41, 5.74) is 1.39. The van der Waals surface area contributed by atoms with Crippen LogP contribution >= 0.6 is 0 Å². The first kappa shape index (κ1) is 15.6. The molecule has 2 fully saturated rings. The number of carbonyl (C=O) groups is 2. The third-order valence-corrected chi connectivity index (χ3v) is 6.71. The van der Waals surface area contributed by atoms with E-state index < -0.39 is 15.4 Å². The van der Waals surface area contributed by atoms with E-state index in [0.29, 0.717) is 18.7 Å². The highest BCUT2D eigenvalue weighted by atomic mass is 32.2. The third kappa shape index (κ3) is 1.96. The van der Waals surface area contributed by atoms with Gasteiger partial charge in [-0.3, -0.25) is 14.9 Å². The summed E-state index contributed by atoms with van der Waals surface area (Å²) in [7, 11) is -3.14. The SMILES string of the molecule is CC1(C)C(=O)NC(=O)c2ccc(N3CC4C3CN4S(C)(=O)=O)cc21. The van der Waals surface area contributed by atoms with Gasteiger partial charge < -0.3 is 4.90 Å². The maximum absolute atomic E-state index is 12.1. The van der Waals surface area contributed by atoms with Gasteiger partial charge in [0.15, 0.2) is 0 Å². The molecule has 3 heterocycles. The first-order valence-corrected chi connectivity index (χ1v) is 9.69. The maximum Gasteiger partial charge on any atom is 0.258 e. The molecule has 0 aliphatic carbocycles. The summed E-state index contributed by atoms with van der Waals surface area (Å²) in [6, 6.07) is 5.71. The van der Waals surface area contributed by atoms with Gasteiger partial charge in [-0.05, 0) is 37.6 Å². The van der Waals surface area contributed by atoms with E-state index in [2.05, 4.69) is 10.2 Å². The van der Waals surface area contributed by atoms with Gasteiger partial charge >= 0.3 is 0 Å². The summed E-state index contributed by atoms with van der Waals surface area (Å²) in [5.74, 6) is -0.667. The lowest BCUT2D eigenvalue weighted by atomic mass is 9.77. The van der Waals surface area contributed by atoms with Crippen molar-refractivity contribution in [2.75, 3.05) is 24.2 Å². The Hall–Kier alpha value is -1.93. The van der Waals surface area contributed by atoms with E-state index in [4.69, 9.17) is 0 Å². The minimum Gasteiger partial charge on any atom is -0.364 e. The van der Waals surface area contributed by atoms with Crippen LogP contribution in [0, 0.1) is 0 Å². The number of sulfonamides is 1. The van der Waals surface area contributed by atoms with E-state index >= 15 is 0 Å². The number of anilines is 1. The predicted molar refractivity (Wildman–Crippen MR) is 88.4 cm³/mol. The van der Waals surface area contributed by atoms with E-state index in [1.807, 2.05) is 12.1 Å². The fraction of sp³-hybridized carbons (Fsp3) is 0.500. The van der Waals surface area contributed by atoms with Gasteiger partial charge in [-0.25, -0.2) is 8.42 Å². The number of carbonyl (C=O) groups excluding carboxylic acids is 2. The van der Waals surface area contributed by atoms with Crippen LogP contribution in [-0.4, -0.2) is 56.0 Å². The van der Waals surface area contributed by atoms with Crippen molar-refractivity contribution in [3.8, 4) is 0 Å². The molecule has 2 atom stereocenters. The van der Waals surface area contributed by atoms with Crippen molar-refractivity contribution < 1.29 is 18.0 Å². The lowest BCUT2D eigenvalue weighted by molar-refractivity contribution is -0.125. The molecular weight excluding hydrogens is 330 g/mol. The Bertz CT molecular complexity index is 877. The predicted octanol–water partition coefficient (Wildman–Crippen LogP) is 0.0666. The van der Waals surface area contributed by atoms with Crippen molar-refractivity contribution >= 4 is 27.5 Å². The van der Waals surface area contributed by atoms with Crippen LogP contribution in [0.1, 0.15) is 29.8 Å². The normalized spacial score (nSPS) is 28.4. The summed E-state index contributed by atoms with van der Waals surface area (Å²) in [6.45, 7) is 4.72. The van der Waals surface area contributed by atoms with Crippen LogP contribution in [0.5, 0.6) is 0 Å². The molecule has 24 heavy (non-hydrogen) atoms. The van der Waals surface area contributed by atoms with E-state index in [-0.39, 0.29) is 23.9 Å². The Balaban J connectivity index is 1.63. The molecule has 1 N–H and O–H groups in total. The first-order valence-electron chi connectivity index (χ1n) is 7.84. The molecule has 4 rings (SSSR count). The Labute approximate surface area is 140 Å². The molecule has 0 bridgehead atoms. The molecular formula is C16H19N3O4S. The fourth-order valence-electron chi connectivity index (χ4n) is 3.77. The van der Waals surface area contributed by atoms with Crippen molar-refractivity contribution in [3.05, 3.63) is 29.3 Å². The fourth-order valence-corrected chi connectivity index (χ4v) is 4.89. The third-order valence-electron chi connectivity index (χ3n) is 5.44. The van der Waals surface area contributed by atoms with Crippen molar-refractivity contribution in [1.82, 2.24) is 9.62 Å². The number of amides is 2. The zero-order valence-corrected chi connectivity index (χ0v) is 14.6. The van der Waals surface area contributed by atoms with Gasteiger partial charge in [0.25, 0.3) is 5.91 Å². The van der Waals surface area contributed by atoms with Gasteiger partial charge in [0, 0.05) is 24.3 Å². The highest BCUT2D eigenvalue weighted by Gasteiger charge is 2.55. The Morgan fingerprint density at radius 1 is 1.17 bits per heavy atom. The lowest BCUT2D eigenvalue weighted by Gasteiger charge is -2.61. The highest BCUT2D eigenvalue weighted by molar-refractivity contribution is 7.88. The minimum atomic E-state index is -3.14. The number of nitrogens with one attached hydrogen (secondary N) is 1. The standard InChI is InChI=1S/C16H19N3O4S/c1-16(2)11-6-9(4-5-10(11)14(20)17-15(16)21)18-7-13-12(18)8-19(13)24(3,22)23/h4-6,12-13H,7-8H2,1-3H3,(H,17,20,21). The van der Waals surface area contributed by atoms with E-state index in [1.165, 1.54) is 10.6 Å². The second-order valence-electron chi connectivity index (χ2n) is 7.26. The highest BCUT2D eigenvalue weighted by Crippen LogP contribution is 2.41. The molecule has 0 saturated carbocycles. The monoisotopic (exact) mass is 349 g/mol. The van der Waals surface area contributed by atoms with E-state index in [1.54, 1.807) is 19.9 Å². The van der Waals surface area contributed by atoms with Gasteiger partial charge in [-0.15, -0.1) is 0 Å². The number of hydrogen-bond donors (Lipinski definition) is 1. The molecule has 0 radical (unpaired) electrons. The van der Waals surface area contributed by atoms with Gasteiger partial charge in [-0.2, -0.15) is 4.31 Å². The molecule has 2 unspecified atom stereocenters. The first-order chi connectivity index (χ1) is 11.1. The molecule has 3 aliphatic rings. The summed E-state index contributed by atoms with van der Waals surface area (Å²) < 4.78 is 24.8.